The molecule has 1 aromatic rings. The van der Waals surface area contributed by atoms with Crippen molar-refractivity contribution in [1.29, 1.82) is 0 Å². The van der Waals surface area contributed by atoms with E-state index in [1.54, 1.807) is 24.3 Å². The van der Waals surface area contributed by atoms with E-state index in [4.69, 9.17) is 9.84 Å². The van der Waals surface area contributed by atoms with E-state index in [9.17, 15) is 9.59 Å². The van der Waals surface area contributed by atoms with Crippen molar-refractivity contribution in [3.8, 4) is 5.75 Å². The van der Waals surface area contributed by atoms with Gasteiger partial charge in [-0.2, -0.15) is 0 Å². The summed E-state index contributed by atoms with van der Waals surface area (Å²) in [5, 5.41) is 13.9. The first kappa shape index (κ1) is 16.5. The third kappa shape index (κ3) is 5.53. The van der Waals surface area contributed by atoms with Gasteiger partial charge in [-0.15, -0.1) is 0 Å². The van der Waals surface area contributed by atoms with Crippen molar-refractivity contribution >= 4 is 17.6 Å². The number of carbonyl (C=O) groups excluding carboxylic acids is 2. The molecule has 7 heteroatoms. The molecule has 0 aliphatic rings. The van der Waals surface area contributed by atoms with Crippen LogP contribution in [0.15, 0.2) is 36.0 Å². The summed E-state index contributed by atoms with van der Waals surface area (Å²) in [6.07, 6.45) is 1.06. The number of carbonyl (C=O) groups is 2. The predicted octanol–water partition coefficient (Wildman–Crippen LogP) is 0.272. The van der Waals surface area contributed by atoms with Crippen LogP contribution in [0.3, 0.4) is 0 Å². The number of aliphatic hydroxyl groups excluding tert-OH is 1. The molecular weight excluding hydrogens is 276 g/mol. The maximum absolute atomic E-state index is 11.7. The molecule has 0 unspecified atom stereocenters. The third-order valence-electron chi connectivity index (χ3n) is 2.43. The zero-order valence-corrected chi connectivity index (χ0v) is 11.9. The highest BCUT2D eigenvalue weighted by atomic mass is 16.5. The van der Waals surface area contributed by atoms with Gasteiger partial charge in [0.25, 0.3) is 5.91 Å². The molecule has 1 aromatic carbocycles. The molecule has 1 rings (SSSR count). The molecule has 0 fully saturated rings. The summed E-state index contributed by atoms with van der Waals surface area (Å²) in [5.74, 6) is -0.488. The molecule has 3 N–H and O–H groups in total. The highest BCUT2D eigenvalue weighted by molar-refractivity contribution is 6.01. The van der Waals surface area contributed by atoms with Gasteiger partial charge in [-0.1, -0.05) is 0 Å². The molecule has 0 saturated heterocycles. The fourth-order valence-electron chi connectivity index (χ4n) is 1.42. The molecule has 0 aliphatic carbocycles. The van der Waals surface area contributed by atoms with Crippen molar-refractivity contribution in [2.24, 2.45) is 0 Å². The van der Waals surface area contributed by atoms with Gasteiger partial charge in [-0.25, -0.2) is 4.79 Å². The molecule has 0 atom stereocenters. The van der Waals surface area contributed by atoms with Gasteiger partial charge < -0.3 is 25.2 Å². The average Bonchev–Trinajstić information content (AvgIpc) is 2.52. The standard InChI is InChI=1S/C14H18N2O5/c1-15-14(19)12(9-13(18)20-2)16-10-3-5-11(6-4-10)21-8-7-17/h3-6,9,16-17H,7-8H2,1-2H3,(H,15,19)/b12-9-. The number of nitrogens with one attached hydrogen (secondary N) is 2. The van der Waals surface area contributed by atoms with Gasteiger partial charge in [-0.05, 0) is 24.3 Å². The van der Waals surface area contributed by atoms with Crippen molar-refractivity contribution in [2.45, 2.75) is 0 Å². The highest BCUT2D eigenvalue weighted by Gasteiger charge is 2.10. The maximum atomic E-state index is 11.7. The number of anilines is 1. The zero-order chi connectivity index (χ0) is 15.7. The second-order valence-electron chi connectivity index (χ2n) is 3.88. The largest absolute Gasteiger partial charge is 0.491 e. The Morgan fingerprint density at radius 1 is 1.29 bits per heavy atom. The second kappa shape index (κ2) is 8.60. The normalized spacial score (nSPS) is 10.7. The SMILES string of the molecule is CNC(=O)/C(=C/C(=O)OC)Nc1ccc(OCCO)cc1. The first-order valence-electron chi connectivity index (χ1n) is 6.23. The molecule has 0 radical (unpaired) electrons. The Labute approximate surface area is 122 Å². The summed E-state index contributed by atoms with van der Waals surface area (Å²) >= 11 is 0. The Hall–Kier alpha value is -2.54. The van der Waals surface area contributed by atoms with Gasteiger partial charge in [0.15, 0.2) is 0 Å². The van der Waals surface area contributed by atoms with E-state index in [-0.39, 0.29) is 18.9 Å². The average molecular weight is 294 g/mol. The molecule has 0 aromatic heterocycles. The van der Waals surface area contributed by atoms with E-state index in [0.717, 1.165) is 6.08 Å². The molecule has 0 aliphatic heterocycles. The van der Waals surface area contributed by atoms with Crippen molar-refractivity contribution < 1.29 is 24.2 Å². The number of hydrogen-bond donors (Lipinski definition) is 3. The number of benzene rings is 1. The van der Waals surface area contributed by atoms with E-state index >= 15 is 0 Å². The van der Waals surface area contributed by atoms with Gasteiger partial charge in [0.1, 0.15) is 18.1 Å². The van der Waals surface area contributed by atoms with Gasteiger partial charge in [0.2, 0.25) is 0 Å². The molecule has 114 valence electrons. The Kier molecular flexibility index (Phi) is 6.76. The Morgan fingerprint density at radius 2 is 1.95 bits per heavy atom. The molecule has 1 amide bonds. The van der Waals surface area contributed by atoms with Crippen LogP contribution in [0.5, 0.6) is 5.75 Å². The second-order valence-corrected chi connectivity index (χ2v) is 3.88. The first-order chi connectivity index (χ1) is 10.1. The molecular formula is C14H18N2O5. The topological polar surface area (TPSA) is 96.9 Å². The number of amides is 1. The predicted molar refractivity (Wildman–Crippen MR) is 76.8 cm³/mol. The monoisotopic (exact) mass is 294 g/mol. The van der Waals surface area contributed by atoms with Crippen LogP contribution >= 0.6 is 0 Å². The lowest BCUT2D eigenvalue weighted by Crippen LogP contribution is -2.25. The van der Waals surface area contributed by atoms with Crippen molar-refractivity contribution in [3.05, 3.63) is 36.0 Å². The minimum absolute atomic E-state index is 0.0633. The third-order valence-corrected chi connectivity index (χ3v) is 2.43. The van der Waals surface area contributed by atoms with Gasteiger partial charge in [0, 0.05) is 12.7 Å². The molecule has 0 spiro atoms. The minimum atomic E-state index is -0.635. The van der Waals surface area contributed by atoms with Crippen LogP contribution in [0.1, 0.15) is 0 Å². The van der Waals surface area contributed by atoms with Crippen molar-refractivity contribution in [3.63, 3.8) is 0 Å². The summed E-state index contributed by atoms with van der Waals surface area (Å²) in [5.41, 5.74) is 0.665. The van der Waals surface area contributed by atoms with E-state index in [1.807, 2.05) is 0 Å². The number of esters is 1. The van der Waals surface area contributed by atoms with Gasteiger partial charge >= 0.3 is 5.97 Å². The number of rotatable bonds is 7. The summed E-state index contributed by atoms with van der Waals surface area (Å²) in [6.45, 7) is 0.140. The van der Waals surface area contributed by atoms with Crippen molar-refractivity contribution in [2.75, 3.05) is 32.7 Å². The van der Waals surface area contributed by atoms with E-state index in [1.165, 1.54) is 14.2 Å². The smallest absolute Gasteiger partial charge is 0.332 e. The summed E-state index contributed by atoms with van der Waals surface area (Å²) in [4.78, 5) is 22.9. The Morgan fingerprint density at radius 3 is 2.48 bits per heavy atom. The molecule has 0 heterocycles. The highest BCUT2D eigenvalue weighted by Crippen LogP contribution is 2.17. The number of likely N-dealkylation sites (N-methyl/N-ethyl adjacent to an activating group) is 1. The van der Waals surface area contributed by atoms with Crippen LogP contribution in [0.2, 0.25) is 0 Å². The summed E-state index contributed by atoms with van der Waals surface area (Å²) in [7, 11) is 2.69. The van der Waals surface area contributed by atoms with Crippen LogP contribution in [0.4, 0.5) is 5.69 Å². The molecule has 0 bridgehead atoms. The lowest BCUT2D eigenvalue weighted by Gasteiger charge is -2.10. The number of methoxy groups -OCH3 is 1. The Balaban J connectivity index is 2.81. The van der Waals surface area contributed by atoms with E-state index in [2.05, 4.69) is 15.4 Å². The van der Waals surface area contributed by atoms with Gasteiger partial charge in [-0.3, -0.25) is 4.79 Å². The van der Waals surface area contributed by atoms with Crippen LogP contribution in [0, 0.1) is 0 Å². The van der Waals surface area contributed by atoms with E-state index in [0.29, 0.717) is 11.4 Å². The number of aliphatic hydroxyl groups is 1. The van der Waals surface area contributed by atoms with Crippen molar-refractivity contribution in [1.82, 2.24) is 5.32 Å². The fourth-order valence-corrected chi connectivity index (χ4v) is 1.42. The van der Waals surface area contributed by atoms with Gasteiger partial charge in [0.05, 0.1) is 19.8 Å². The van der Waals surface area contributed by atoms with Crippen LogP contribution in [-0.4, -0.2) is 44.4 Å². The van der Waals surface area contributed by atoms with Crippen LogP contribution in [0.25, 0.3) is 0 Å². The molecule has 21 heavy (non-hydrogen) atoms. The maximum Gasteiger partial charge on any atom is 0.332 e. The molecule has 0 saturated carbocycles. The Bertz CT molecular complexity index is 511. The number of hydrogen-bond acceptors (Lipinski definition) is 6. The zero-order valence-electron chi connectivity index (χ0n) is 11.9. The van der Waals surface area contributed by atoms with E-state index < -0.39 is 11.9 Å². The lowest BCUT2D eigenvalue weighted by atomic mass is 10.2. The fraction of sp³-hybridized carbons (Fsp3) is 0.286. The minimum Gasteiger partial charge on any atom is -0.491 e. The quantitative estimate of drug-likeness (QED) is 0.493. The lowest BCUT2D eigenvalue weighted by molar-refractivity contribution is -0.135. The summed E-state index contributed by atoms with van der Waals surface area (Å²) < 4.78 is 9.72. The van der Waals surface area contributed by atoms with Crippen LogP contribution in [-0.2, 0) is 14.3 Å². The molecule has 7 nitrogen and oxygen atoms in total. The summed E-state index contributed by atoms with van der Waals surface area (Å²) in [6, 6.07) is 6.72. The van der Waals surface area contributed by atoms with Crippen LogP contribution < -0.4 is 15.4 Å². The number of ether oxygens (including phenoxy) is 2. The first-order valence-corrected chi connectivity index (χ1v) is 6.23.